The van der Waals surface area contributed by atoms with E-state index < -0.39 is 21.6 Å². The summed E-state index contributed by atoms with van der Waals surface area (Å²) in [4.78, 5) is 0. The number of rotatable bonds is 6. The zero-order chi connectivity index (χ0) is 14.4. The van der Waals surface area contributed by atoms with E-state index in [0.717, 1.165) is 6.54 Å². The van der Waals surface area contributed by atoms with E-state index in [2.05, 4.69) is 49.8 Å². The molecule has 0 aliphatic heterocycles. The highest BCUT2D eigenvalue weighted by Gasteiger charge is 2.14. The first-order chi connectivity index (χ1) is 8.04. The average molecular weight is 459 g/mol. The van der Waals surface area contributed by atoms with Gasteiger partial charge in [0, 0.05) is 27.4 Å². The molecule has 0 aromatic carbocycles. The van der Waals surface area contributed by atoms with E-state index in [1.54, 1.807) is 7.11 Å². The van der Waals surface area contributed by atoms with Crippen molar-refractivity contribution in [3.63, 3.8) is 0 Å². The molecule has 1 unspecified atom stereocenters. The predicted octanol–water partition coefficient (Wildman–Crippen LogP) is 9.70. The Morgan fingerprint density at radius 3 is 1.33 bits per heavy atom. The Morgan fingerprint density at radius 1 is 0.704 bits per heavy atom. The molecule has 0 heterocycles. The van der Waals surface area contributed by atoms with Crippen LogP contribution >= 0.6 is 21.6 Å². The summed E-state index contributed by atoms with van der Waals surface area (Å²) in [5.74, 6) is 0. The van der Waals surface area contributed by atoms with E-state index in [-0.39, 0.29) is 66.8 Å². The minimum absolute atomic E-state index is 0. The minimum atomic E-state index is -1.79. The summed E-state index contributed by atoms with van der Waals surface area (Å²) in [5.41, 5.74) is 0. The Bertz CT molecular complexity index is 416. The quantitative estimate of drug-likeness (QED) is 0.318. The van der Waals surface area contributed by atoms with Gasteiger partial charge in [0.05, 0.1) is 13.8 Å². The number of ether oxygens (including phenoxy) is 1. The molecule has 182 valence electrons. The lowest BCUT2D eigenvalue weighted by molar-refractivity contribution is 0.204. The summed E-state index contributed by atoms with van der Waals surface area (Å²) in [6, 6.07) is 0. The molecule has 0 fully saturated rings. The van der Waals surface area contributed by atoms with Crippen LogP contribution in [0.1, 0.15) is 66.8 Å². The Balaban J connectivity index is -0.0000000401. The fourth-order valence-corrected chi connectivity index (χ4v) is 12.0. The third-order valence-electron chi connectivity index (χ3n) is 1.99. The predicted molar refractivity (Wildman–Crippen MR) is 150 cm³/mol. The Morgan fingerprint density at radius 2 is 1.07 bits per heavy atom. The van der Waals surface area contributed by atoms with E-state index in [9.17, 15) is 0 Å². The van der Waals surface area contributed by atoms with Crippen molar-refractivity contribution >= 4 is 21.6 Å². The molecule has 0 bridgehead atoms. The standard InChI is InChI=1S/C10H29N4OP3.9CH4/c1-11-18(8,12-9-10-15-2)14-17(6,7)13-16(3,4)5;;;;;;;;;/h12H,9-10H2,1-8H3;9*1H4. The summed E-state index contributed by atoms with van der Waals surface area (Å²) >= 11 is 0. The molecule has 0 saturated carbocycles. The van der Waals surface area contributed by atoms with Crippen LogP contribution in [0.25, 0.3) is 0 Å². The van der Waals surface area contributed by atoms with Gasteiger partial charge in [-0.15, -0.1) is 0 Å². The van der Waals surface area contributed by atoms with Crippen LogP contribution in [0.3, 0.4) is 0 Å². The fourth-order valence-electron chi connectivity index (χ4n) is 1.60. The number of hydrogen-bond acceptors (Lipinski definition) is 2. The van der Waals surface area contributed by atoms with Crippen LogP contribution < -0.4 is 5.09 Å². The third-order valence-corrected chi connectivity index (χ3v) is 10.6. The molecular weight excluding hydrogens is 393 g/mol. The molecule has 0 amide bonds. The van der Waals surface area contributed by atoms with Crippen molar-refractivity contribution in [1.29, 1.82) is 0 Å². The normalized spacial score (nSPS) is 10.7. The lowest BCUT2D eigenvalue weighted by Gasteiger charge is -2.22. The molecular formula is C19H65N4OP3. The summed E-state index contributed by atoms with van der Waals surface area (Å²) in [6.45, 7) is 14.6. The molecule has 0 rings (SSSR count). The highest BCUT2D eigenvalue weighted by atomic mass is 31.2. The second kappa shape index (κ2) is 26.6. The summed E-state index contributed by atoms with van der Waals surface area (Å²) < 4.78 is 19.4. The van der Waals surface area contributed by atoms with Crippen molar-refractivity contribution in [2.75, 3.05) is 67.3 Å². The largest absolute Gasteiger partial charge is 0.383 e. The minimum Gasteiger partial charge on any atom is -0.383 e. The molecule has 0 aromatic heterocycles. The van der Waals surface area contributed by atoms with Gasteiger partial charge in [0.25, 0.3) is 0 Å². The van der Waals surface area contributed by atoms with Gasteiger partial charge in [-0.3, -0.25) is 14.3 Å². The van der Waals surface area contributed by atoms with Crippen LogP contribution in [0.5, 0.6) is 0 Å². The van der Waals surface area contributed by atoms with Gasteiger partial charge in [0.15, 0.2) is 0 Å². The molecule has 0 spiro atoms. The van der Waals surface area contributed by atoms with Crippen molar-refractivity contribution in [2.45, 2.75) is 66.8 Å². The number of methoxy groups -OCH3 is 1. The smallest absolute Gasteiger partial charge is 0.134 e. The van der Waals surface area contributed by atoms with Crippen LogP contribution in [0.15, 0.2) is 13.8 Å². The second-order valence-electron chi connectivity index (χ2n) is 5.47. The molecule has 0 aliphatic rings. The van der Waals surface area contributed by atoms with Crippen LogP contribution in [0.2, 0.25) is 0 Å². The first-order valence-electron chi connectivity index (χ1n) is 5.90. The maximum Gasteiger partial charge on any atom is 0.134 e. The van der Waals surface area contributed by atoms with E-state index in [1.807, 2.05) is 7.05 Å². The molecule has 0 aromatic rings. The number of nitrogens with one attached hydrogen (secondary N) is 1. The second-order valence-corrected chi connectivity index (χ2v) is 16.0. The van der Waals surface area contributed by atoms with Gasteiger partial charge in [0.2, 0.25) is 0 Å². The SMILES string of the molecule is C.C.C.C.C.C.C.C.C.CN=P(C)(N=P(C)(C)N=P(C)(C)C)NCCOC. The fraction of sp³-hybridized carbons (Fsp3) is 1.00. The molecule has 8 heteroatoms. The van der Waals surface area contributed by atoms with Crippen molar-refractivity contribution in [3.05, 3.63) is 0 Å². The Hall–Kier alpha value is 0.610. The topological polar surface area (TPSA) is 58.3 Å². The highest BCUT2D eigenvalue weighted by molar-refractivity contribution is 7.79. The van der Waals surface area contributed by atoms with E-state index in [4.69, 9.17) is 13.8 Å². The molecule has 0 saturated heterocycles. The highest BCUT2D eigenvalue weighted by Crippen LogP contribution is 2.61. The molecule has 0 aliphatic carbocycles. The van der Waals surface area contributed by atoms with Crippen LogP contribution in [0.4, 0.5) is 0 Å². The van der Waals surface area contributed by atoms with Crippen molar-refractivity contribution in [2.24, 2.45) is 13.8 Å². The molecule has 1 N–H and O–H groups in total. The van der Waals surface area contributed by atoms with E-state index in [0.29, 0.717) is 6.61 Å². The van der Waals surface area contributed by atoms with Gasteiger partial charge in [-0.25, -0.2) is 4.52 Å². The lowest BCUT2D eigenvalue weighted by atomic mass is 10.7. The lowest BCUT2D eigenvalue weighted by Crippen LogP contribution is -2.14. The molecule has 0 radical (unpaired) electrons. The average Bonchev–Trinajstić information content (AvgIpc) is 2.13. The van der Waals surface area contributed by atoms with Gasteiger partial charge in [-0.05, 0) is 40.4 Å². The van der Waals surface area contributed by atoms with Gasteiger partial charge < -0.3 is 4.74 Å². The van der Waals surface area contributed by atoms with Crippen LogP contribution in [0, 0.1) is 0 Å². The Labute approximate surface area is 179 Å². The first-order valence-corrected chi connectivity index (χ1v) is 13.7. The van der Waals surface area contributed by atoms with Gasteiger partial charge >= 0.3 is 0 Å². The van der Waals surface area contributed by atoms with Crippen LogP contribution in [-0.2, 0) is 4.74 Å². The Kier molecular flexibility index (Phi) is 62.1. The van der Waals surface area contributed by atoms with Gasteiger partial charge in [0.1, 0.15) is 7.36 Å². The number of nitrogens with zero attached hydrogens (tertiary/aromatic N) is 3. The first kappa shape index (κ1) is 63.0. The maximum atomic E-state index is 5.06. The summed E-state index contributed by atoms with van der Waals surface area (Å²) in [7, 11) is -1.02. The zero-order valence-electron chi connectivity index (χ0n) is 13.0. The van der Waals surface area contributed by atoms with Crippen molar-refractivity contribution in [1.82, 2.24) is 5.09 Å². The van der Waals surface area contributed by atoms with E-state index in [1.165, 1.54) is 0 Å². The van der Waals surface area contributed by atoms with E-state index >= 15 is 0 Å². The molecule has 1 atom stereocenters. The van der Waals surface area contributed by atoms with Gasteiger partial charge in [-0.1, -0.05) is 66.8 Å². The molecule has 27 heavy (non-hydrogen) atoms. The molecule has 5 nitrogen and oxygen atoms in total. The monoisotopic (exact) mass is 458 g/mol. The van der Waals surface area contributed by atoms with Crippen molar-refractivity contribution < 1.29 is 4.74 Å². The summed E-state index contributed by atoms with van der Waals surface area (Å²) in [5, 5.41) is 3.42. The maximum absolute atomic E-state index is 5.06. The summed E-state index contributed by atoms with van der Waals surface area (Å²) in [6.07, 6.45) is 0. The number of hydrogen-bond donors (Lipinski definition) is 1. The van der Waals surface area contributed by atoms with Crippen LogP contribution in [-0.4, -0.2) is 67.3 Å². The zero-order valence-corrected chi connectivity index (χ0v) is 15.7. The third kappa shape index (κ3) is 34.5. The van der Waals surface area contributed by atoms with Crippen molar-refractivity contribution in [3.8, 4) is 0 Å². The van der Waals surface area contributed by atoms with Gasteiger partial charge in [-0.2, -0.15) is 0 Å².